The summed E-state index contributed by atoms with van der Waals surface area (Å²) in [6.45, 7) is 0.685. The van der Waals surface area contributed by atoms with E-state index in [0.717, 1.165) is 0 Å². The molecule has 9 heteroatoms. The molecule has 1 aromatic carbocycles. The number of carbonyl (C=O) groups is 3. The van der Waals surface area contributed by atoms with Crippen LogP contribution in [0.25, 0.3) is 0 Å². The van der Waals surface area contributed by atoms with E-state index in [0.29, 0.717) is 17.2 Å². The van der Waals surface area contributed by atoms with Gasteiger partial charge in [0.15, 0.2) is 6.61 Å². The lowest BCUT2D eigenvalue weighted by Gasteiger charge is -2.26. The zero-order valence-electron chi connectivity index (χ0n) is 15.7. The number of nitriles is 1. The molecule has 0 bridgehead atoms. The van der Waals surface area contributed by atoms with Gasteiger partial charge in [-0.2, -0.15) is 5.26 Å². The minimum atomic E-state index is -0.818. The Kier molecular flexibility index (Phi) is 6.57. The van der Waals surface area contributed by atoms with Gasteiger partial charge in [0.05, 0.1) is 12.3 Å². The van der Waals surface area contributed by atoms with E-state index in [2.05, 4.69) is 0 Å². The number of benzene rings is 1. The molecule has 0 N–H and O–H groups in total. The SMILES string of the molecule is CC(=O)N1[C@@H](c2ccco2)SC[C@H]1C(=O)OCC(=O)N(CC#N)c1ccccc1. The second-order valence-electron chi connectivity index (χ2n) is 6.22. The highest BCUT2D eigenvalue weighted by Crippen LogP contribution is 2.41. The first-order valence-corrected chi connectivity index (χ1v) is 9.90. The number of carbonyl (C=O) groups excluding carboxylic acids is 3. The fourth-order valence-corrected chi connectivity index (χ4v) is 4.45. The molecule has 0 radical (unpaired) electrons. The van der Waals surface area contributed by atoms with Crippen LogP contribution in [-0.4, -0.2) is 47.6 Å². The number of anilines is 1. The van der Waals surface area contributed by atoms with E-state index in [1.807, 2.05) is 6.07 Å². The Balaban J connectivity index is 1.65. The molecule has 1 aliphatic heterocycles. The third-order valence-corrected chi connectivity index (χ3v) is 5.64. The van der Waals surface area contributed by atoms with Crippen molar-refractivity contribution in [3.05, 3.63) is 54.5 Å². The highest BCUT2D eigenvalue weighted by atomic mass is 32.2. The normalized spacial score (nSPS) is 18.1. The molecule has 0 spiro atoms. The first kappa shape index (κ1) is 20.5. The number of hydrogen-bond donors (Lipinski definition) is 0. The summed E-state index contributed by atoms with van der Waals surface area (Å²) in [5.41, 5.74) is 0.537. The standard InChI is InChI=1S/C20H19N3O5S/c1-14(24)23-16(13-29-19(23)17-8-5-11-27-17)20(26)28-12-18(25)22(10-9-21)15-6-3-2-4-7-15/h2-8,11,16,19H,10,12-13H2,1H3/t16-,19+/m0/s1. The minimum absolute atomic E-state index is 0.167. The Morgan fingerprint density at radius 2 is 2.03 bits per heavy atom. The zero-order valence-corrected chi connectivity index (χ0v) is 16.5. The molecule has 1 aliphatic rings. The van der Waals surface area contributed by atoms with Crippen molar-refractivity contribution in [3.63, 3.8) is 0 Å². The molecule has 2 amide bonds. The van der Waals surface area contributed by atoms with Gasteiger partial charge in [-0.25, -0.2) is 4.79 Å². The first-order valence-electron chi connectivity index (χ1n) is 8.86. The number of nitrogens with zero attached hydrogens (tertiary/aromatic N) is 3. The van der Waals surface area contributed by atoms with Gasteiger partial charge in [0, 0.05) is 18.4 Å². The van der Waals surface area contributed by atoms with Gasteiger partial charge in [0.1, 0.15) is 23.7 Å². The van der Waals surface area contributed by atoms with Crippen LogP contribution in [0.15, 0.2) is 53.1 Å². The monoisotopic (exact) mass is 413 g/mol. The van der Waals surface area contributed by atoms with Gasteiger partial charge in [0.2, 0.25) is 5.91 Å². The van der Waals surface area contributed by atoms with Crippen LogP contribution in [0, 0.1) is 11.3 Å². The lowest BCUT2D eigenvalue weighted by Crippen LogP contribution is -2.44. The van der Waals surface area contributed by atoms with E-state index in [1.54, 1.807) is 42.5 Å². The Hall–Kier alpha value is -3.25. The fourth-order valence-electron chi connectivity index (χ4n) is 3.03. The third kappa shape index (κ3) is 4.60. The Labute approximate surface area is 172 Å². The molecule has 1 aromatic heterocycles. The van der Waals surface area contributed by atoms with Crippen LogP contribution >= 0.6 is 11.8 Å². The van der Waals surface area contributed by atoms with Crippen molar-refractivity contribution >= 4 is 35.2 Å². The second kappa shape index (κ2) is 9.30. The predicted molar refractivity (Wildman–Crippen MR) is 106 cm³/mol. The number of thioether (sulfide) groups is 1. The van der Waals surface area contributed by atoms with Gasteiger partial charge in [-0.3, -0.25) is 14.5 Å². The lowest BCUT2D eigenvalue weighted by molar-refractivity contribution is -0.155. The summed E-state index contributed by atoms with van der Waals surface area (Å²) < 4.78 is 10.6. The van der Waals surface area contributed by atoms with Gasteiger partial charge in [-0.05, 0) is 24.3 Å². The van der Waals surface area contributed by atoms with Crippen molar-refractivity contribution < 1.29 is 23.5 Å². The molecule has 0 aliphatic carbocycles. The number of para-hydroxylation sites is 1. The topological polar surface area (TPSA) is 104 Å². The minimum Gasteiger partial charge on any atom is -0.466 e. The van der Waals surface area contributed by atoms with Gasteiger partial charge >= 0.3 is 5.97 Å². The molecule has 8 nitrogen and oxygen atoms in total. The van der Waals surface area contributed by atoms with E-state index >= 15 is 0 Å². The highest BCUT2D eigenvalue weighted by Gasteiger charge is 2.43. The smallest absolute Gasteiger partial charge is 0.330 e. The molecular formula is C20H19N3O5S. The summed E-state index contributed by atoms with van der Waals surface area (Å²) in [7, 11) is 0. The Morgan fingerprint density at radius 3 is 2.66 bits per heavy atom. The van der Waals surface area contributed by atoms with Crippen LogP contribution in [0.1, 0.15) is 18.1 Å². The first-order chi connectivity index (χ1) is 14.0. The highest BCUT2D eigenvalue weighted by molar-refractivity contribution is 7.99. The molecule has 2 atom stereocenters. The number of rotatable bonds is 6. The van der Waals surface area contributed by atoms with E-state index in [1.165, 1.54) is 34.7 Å². The van der Waals surface area contributed by atoms with Crippen LogP contribution in [0.3, 0.4) is 0 Å². The number of hydrogen-bond acceptors (Lipinski definition) is 7. The Morgan fingerprint density at radius 1 is 1.28 bits per heavy atom. The van der Waals surface area contributed by atoms with Crippen LogP contribution in [-0.2, 0) is 19.1 Å². The third-order valence-electron chi connectivity index (χ3n) is 4.36. The van der Waals surface area contributed by atoms with E-state index < -0.39 is 29.9 Å². The van der Waals surface area contributed by atoms with Gasteiger partial charge in [0.25, 0.3) is 5.91 Å². The second-order valence-corrected chi connectivity index (χ2v) is 7.34. The summed E-state index contributed by atoms with van der Waals surface area (Å²) in [6.07, 6.45) is 1.51. The van der Waals surface area contributed by atoms with Crippen LogP contribution in [0.2, 0.25) is 0 Å². The number of ether oxygens (including phenoxy) is 1. The van der Waals surface area contributed by atoms with E-state index in [4.69, 9.17) is 14.4 Å². The average molecular weight is 413 g/mol. The summed E-state index contributed by atoms with van der Waals surface area (Å²) in [5.74, 6) is -0.576. The summed E-state index contributed by atoms with van der Waals surface area (Å²) in [4.78, 5) is 39.9. The summed E-state index contributed by atoms with van der Waals surface area (Å²) in [6, 6.07) is 13.2. The quantitative estimate of drug-likeness (QED) is 0.529. The molecule has 1 saturated heterocycles. The molecule has 150 valence electrons. The lowest BCUT2D eigenvalue weighted by atomic mass is 10.2. The zero-order chi connectivity index (χ0) is 20.8. The molecule has 0 unspecified atom stereocenters. The van der Waals surface area contributed by atoms with Crippen molar-refractivity contribution in [2.45, 2.75) is 18.3 Å². The molecule has 2 heterocycles. The summed E-state index contributed by atoms with van der Waals surface area (Å²) >= 11 is 1.39. The molecule has 29 heavy (non-hydrogen) atoms. The van der Waals surface area contributed by atoms with E-state index in [-0.39, 0.29) is 12.5 Å². The molecule has 3 rings (SSSR count). The number of esters is 1. The number of furan rings is 1. The van der Waals surface area contributed by atoms with Crippen molar-refractivity contribution in [1.82, 2.24) is 4.90 Å². The largest absolute Gasteiger partial charge is 0.466 e. The van der Waals surface area contributed by atoms with E-state index in [9.17, 15) is 14.4 Å². The fraction of sp³-hybridized carbons (Fsp3) is 0.300. The molecule has 0 saturated carbocycles. The Bertz CT molecular complexity index is 910. The maximum absolute atomic E-state index is 12.6. The number of amides is 2. The maximum Gasteiger partial charge on any atom is 0.330 e. The van der Waals surface area contributed by atoms with Crippen LogP contribution < -0.4 is 4.90 Å². The molecule has 2 aromatic rings. The van der Waals surface area contributed by atoms with Gasteiger partial charge in [-0.1, -0.05) is 18.2 Å². The van der Waals surface area contributed by atoms with Crippen molar-refractivity contribution in [2.75, 3.05) is 23.8 Å². The van der Waals surface area contributed by atoms with Crippen molar-refractivity contribution in [3.8, 4) is 6.07 Å². The van der Waals surface area contributed by atoms with Crippen LogP contribution in [0.4, 0.5) is 5.69 Å². The molecular weight excluding hydrogens is 394 g/mol. The maximum atomic E-state index is 12.6. The van der Waals surface area contributed by atoms with Crippen LogP contribution in [0.5, 0.6) is 0 Å². The summed E-state index contributed by atoms with van der Waals surface area (Å²) in [5, 5.41) is 8.58. The van der Waals surface area contributed by atoms with Gasteiger partial charge < -0.3 is 14.1 Å². The van der Waals surface area contributed by atoms with Gasteiger partial charge in [-0.15, -0.1) is 11.8 Å². The molecule has 1 fully saturated rings. The van der Waals surface area contributed by atoms with Crippen molar-refractivity contribution in [1.29, 1.82) is 5.26 Å². The average Bonchev–Trinajstić information content (AvgIpc) is 3.40. The van der Waals surface area contributed by atoms with Crippen molar-refractivity contribution in [2.24, 2.45) is 0 Å². The predicted octanol–water partition coefficient (Wildman–Crippen LogP) is 2.34.